The predicted molar refractivity (Wildman–Crippen MR) is 106 cm³/mol. The van der Waals surface area contributed by atoms with Crippen molar-refractivity contribution in [3.63, 3.8) is 0 Å². The Morgan fingerprint density at radius 3 is 1.64 bits per heavy atom. The van der Waals surface area contributed by atoms with Gasteiger partial charge in [-0.25, -0.2) is 9.59 Å². The van der Waals surface area contributed by atoms with Crippen molar-refractivity contribution in [2.45, 2.75) is 71.8 Å². The zero-order chi connectivity index (χ0) is 19.9. The maximum atomic E-state index is 12.1. The molecule has 1 atom stereocenters. The summed E-state index contributed by atoms with van der Waals surface area (Å²) in [5.74, 6) is -1.15. The van der Waals surface area contributed by atoms with E-state index in [9.17, 15) is 9.59 Å². The molecule has 25 heavy (non-hydrogen) atoms. The van der Waals surface area contributed by atoms with E-state index >= 15 is 0 Å². The van der Waals surface area contributed by atoms with E-state index in [2.05, 4.69) is 39.3 Å². The molecule has 0 saturated carbocycles. The van der Waals surface area contributed by atoms with Gasteiger partial charge in [0.1, 0.15) is 5.73 Å². The molecule has 0 rings (SSSR count). The summed E-state index contributed by atoms with van der Waals surface area (Å²) in [7, 11) is -6.54. The third-order valence-electron chi connectivity index (χ3n) is 2.87. The lowest BCUT2D eigenvalue weighted by molar-refractivity contribution is -0.142. The van der Waals surface area contributed by atoms with Crippen LogP contribution in [0.1, 0.15) is 20.3 Å². The molecule has 0 radical (unpaired) electrons. The van der Waals surface area contributed by atoms with Crippen molar-refractivity contribution in [2.24, 2.45) is 0 Å². The molecular formula is C16H34O6Si3. The second kappa shape index (κ2) is 9.81. The number of ether oxygens (including phenoxy) is 2. The first-order valence-electron chi connectivity index (χ1n) is 8.68. The first kappa shape index (κ1) is 24.3. The number of hydrogen-bond acceptors (Lipinski definition) is 6. The van der Waals surface area contributed by atoms with Gasteiger partial charge >= 0.3 is 20.5 Å². The van der Waals surface area contributed by atoms with E-state index in [1.54, 1.807) is 6.92 Å². The summed E-state index contributed by atoms with van der Waals surface area (Å²) in [6.45, 7) is 18.5. The van der Waals surface area contributed by atoms with Crippen molar-refractivity contribution in [3.8, 4) is 0 Å². The summed E-state index contributed by atoms with van der Waals surface area (Å²) in [6.07, 6.45) is 2.77. The molecule has 0 aromatic carbocycles. The van der Waals surface area contributed by atoms with Gasteiger partial charge in [-0.05, 0) is 59.2 Å². The average molecular weight is 407 g/mol. The second-order valence-corrected chi connectivity index (χ2v) is 20.6. The van der Waals surface area contributed by atoms with E-state index in [-0.39, 0.29) is 6.61 Å². The number of rotatable bonds is 10. The van der Waals surface area contributed by atoms with E-state index in [0.29, 0.717) is 6.42 Å². The Hall–Kier alpha value is -0.749. The van der Waals surface area contributed by atoms with Crippen LogP contribution in [0.2, 0.25) is 45.8 Å². The SMILES string of the molecule is CCOC(=O)/C=C/C(=O)OC(CC)[Si](C)(O[Si](C)(C)C)O[Si](C)(C)C. The van der Waals surface area contributed by atoms with E-state index < -0.39 is 42.9 Å². The lowest BCUT2D eigenvalue weighted by Gasteiger charge is -2.42. The van der Waals surface area contributed by atoms with Gasteiger partial charge in [-0.2, -0.15) is 0 Å². The Morgan fingerprint density at radius 2 is 1.28 bits per heavy atom. The molecular weight excluding hydrogens is 372 g/mol. The zero-order valence-electron chi connectivity index (χ0n) is 17.1. The minimum Gasteiger partial charge on any atom is -0.463 e. The summed E-state index contributed by atoms with van der Waals surface area (Å²) in [6, 6.07) is 0. The largest absolute Gasteiger partial charge is 0.463 e. The summed E-state index contributed by atoms with van der Waals surface area (Å²) >= 11 is 0. The lowest BCUT2D eigenvalue weighted by atomic mass is 10.5. The number of hydrogen-bond donors (Lipinski definition) is 0. The molecule has 0 aliphatic heterocycles. The molecule has 0 saturated heterocycles. The minimum atomic E-state index is -2.75. The predicted octanol–water partition coefficient (Wildman–Crippen LogP) is 3.74. The summed E-state index contributed by atoms with van der Waals surface area (Å²) in [4.78, 5) is 23.4. The third kappa shape index (κ3) is 10.8. The van der Waals surface area contributed by atoms with Gasteiger partial charge in [-0.15, -0.1) is 0 Å². The van der Waals surface area contributed by atoms with Crippen LogP contribution >= 0.6 is 0 Å². The molecule has 0 aromatic heterocycles. The van der Waals surface area contributed by atoms with Crippen LogP contribution in [0.3, 0.4) is 0 Å². The highest BCUT2D eigenvalue weighted by Gasteiger charge is 2.48. The molecule has 0 amide bonds. The molecule has 0 aromatic rings. The Kier molecular flexibility index (Phi) is 9.52. The first-order chi connectivity index (χ1) is 11.2. The van der Waals surface area contributed by atoms with E-state index in [1.165, 1.54) is 0 Å². The Balaban J connectivity index is 5.30. The van der Waals surface area contributed by atoms with Crippen molar-refractivity contribution in [1.82, 2.24) is 0 Å². The van der Waals surface area contributed by atoms with Crippen LogP contribution in [0.5, 0.6) is 0 Å². The summed E-state index contributed by atoms with van der Waals surface area (Å²) in [5, 5.41) is 0. The maximum Gasteiger partial charge on any atom is 0.356 e. The fourth-order valence-corrected chi connectivity index (χ4v) is 14.8. The smallest absolute Gasteiger partial charge is 0.356 e. The second-order valence-electron chi connectivity index (χ2n) is 7.86. The molecule has 0 bridgehead atoms. The quantitative estimate of drug-likeness (QED) is 0.313. The third-order valence-corrected chi connectivity index (χ3v) is 12.7. The lowest BCUT2D eigenvalue weighted by Crippen LogP contribution is -2.60. The van der Waals surface area contributed by atoms with Crippen LogP contribution in [-0.4, -0.2) is 49.5 Å². The van der Waals surface area contributed by atoms with Crippen molar-refractivity contribution >= 4 is 37.1 Å². The molecule has 0 spiro atoms. The summed E-state index contributed by atoms with van der Waals surface area (Å²) < 4.78 is 23.2. The highest BCUT2D eigenvalue weighted by molar-refractivity contribution is 6.88. The Morgan fingerprint density at radius 1 is 0.840 bits per heavy atom. The monoisotopic (exact) mass is 406 g/mol. The van der Waals surface area contributed by atoms with Gasteiger partial charge in [-0.1, -0.05) is 6.92 Å². The number of carbonyl (C=O) groups excluding carboxylic acids is 2. The van der Waals surface area contributed by atoms with Crippen molar-refractivity contribution in [2.75, 3.05) is 6.61 Å². The highest BCUT2D eigenvalue weighted by Crippen LogP contribution is 2.27. The zero-order valence-corrected chi connectivity index (χ0v) is 20.1. The van der Waals surface area contributed by atoms with Crippen molar-refractivity contribution in [3.05, 3.63) is 12.2 Å². The van der Waals surface area contributed by atoms with Crippen molar-refractivity contribution in [1.29, 1.82) is 0 Å². The van der Waals surface area contributed by atoms with Gasteiger partial charge < -0.3 is 17.7 Å². The van der Waals surface area contributed by atoms with Gasteiger partial charge in [0.05, 0.1) is 6.61 Å². The van der Waals surface area contributed by atoms with Crippen LogP contribution in [0.4, 0.5) is 0 Å². The van der Waals surface area contributed by atoms with E-state index in [0.717, 1.165) is 12.2 Å². The van der Waals surface area contributed by atoms with Gasteiger partial charge in [0, 0.05) is 12.2 Å². The molecule has 0 N–H and O–H groups in total. The average Bonchev–Trinajstić information content (AvgIpc) is 2.38. The van der Waals surface area contributed by atoms with E-state index in [1.807, 2.05) is 13.5 Å². The molecule has 0 fully saturated rings. The minimum absolute atomic E-state index is 0.259. The molecule has 1 unspecified atom stereocenters. The van der Waals surface area contributed by atoms with Gasteiger partial charge in [-0.3, -0.25) is 0 Å². The molecule has 0 aliphatic carbocycles. The first-order valence-corrected chi connectivity index (χ1v) is 17.9. The molecule has 6 nitrogen and oxygen atoms in total. The van der Waals surface area contributed by atoms with Crippen LogP contribution in [-0.2, 0) is 27.3 Å². The number of carbonyl (C=O) groups is 2. The Labute approximate surface area is 155 Å². The van der Waals surface area contributed by atoms with Crippen LogP contribution in [0.15, 0.2) is 12.2 Å². The van der Waals surface area contributed by atoms with Gasteiger partial charge in [0.2, 0.25) is 0 Å². The molecule has 0 aliphatic rings. The fraction of sp³-hybridized carbons (Fsp3) is 0.750. The molecule has 9 heteroatoms. The maximum absolute atomic E-state index is 12.1. The van der Waals surface area contributed by atoms with Crippen LogP contribution in [0.25, 0.3) is 0 Å². The summed E-state index contributed by atoms with van der Waals surface area (Å²) in [5.41, 5.74) is -0.440. The molecule has 0 heterocycles. The number of esters is 2. The highest BCUT2D eigenvalue weighted by atomic mass is 28.5. The Bertz CT molecular complexity index is 463. The standard InChI is InChI=1S/C16H34O6Si3/c1-10-16(20-15(18)13-12-14(17)19-11-2)25(9,21-23(3,4)5)22-24(6,7)8/h12-13,16H,10-11H2,1-9H3/b13-12+. The van der Waals surface area contributed by atoms with Gasteiger partial charge in [0.25, 0.3) is 0 Å². The van der Waals surface area contributed by atoms with Crippen LogP contribution in [0, 0.1) is 0 Å². The van der Waals surface area contributed by atoms with E-state index in [4.69, 9.17) is 17.7 Å². The molecule has 146 valence electrons. The van der Waals surface area contributed by atoms with Gasteiger partial charge in [0.15, 0.2) is 16.6 Å². The topological polar surface area (TPSA) is 71.1 Å². The van der Waals surface area contributed by atoms with Crippen molar-refractivity contribution < 1.29 is 27.3 Å². The van der Waals surface area contributed by atoms with Crippen LogP contribution < -0.4 is 0 Å². The fourth-order valence-electron chi connectivity index (χ4n) is 2.44. The normalized spacial score (nSPS) is 14.4.